The summed E-state index contributed by atoms with van der Waals surface area (Å²) < 4.78 is 5.38. The molecule has 0 saturated carbocycles. The van der Waals surface area contributed by atoms with Crippen molar-refractivity contribution in [2.45, 2.75) is 52.7 Å². The minimum Gasteiger partial charge on any atom is -0.481 e. The van der Waals surface area contributed by atoms with Crippen LogP contribution in [0.3, 0.4) is 0 Å². The highest BCUT2D eigenvalue weighted by atomic mass is 16.5. The second-order valence-electron chi connectivity index (χ2n) is 5.13. The largest absolute Gasteiger partial charge is 0.481 e. The first-order valence-electron chi connectivity index (χ1n) is 7.20. The normalized spacial score (nSPS) is 12.7. The molecule has 1 atom stereocenters. The van der Waals surface area contributed by atoms with Crippen molar-refractivity contribution < 1.29 is 19.4 Å². The number of carboxylic acids is 1. The molecule has 0 aliphatic heterocycles. The molecular formula is C14H28N2O4. The number of hydrogen-bond acceptors (Lipinski definition) is 4. The van der Waals surface area contributed by atoms with Gasteiger partial charge in [0, 0.05) is 19.2 Å². The zero-order valence-corrected chi connectivity index (χ0v) is 13.0. The summed E-state index contributed by atoms with van der Waals surface area (Å²) in [5.41, 5.74) is 0. The number of nitrogens with one attached hydrogen (secondary N) is 1. The minimum atomic E-state index is -0.845. The highest BCUT2D eigenvalue weighted by Gasteiger charge is 2.17. The standard InChI is InChI=1S/C14H28N2O4/c1-5-16(12(4)9-14(18)19)10-13(17)15-7-6-8-20-11(2)3/h11-12H,5-10H2,1-4H3,(H,15,17)(H,18,19). The van der Waals surface area contributed by atoms with Crippen LogP contribution in [0.1, 0.15) is 40.5 Å². The Hall–Kier alpha value is -1.14. The first kappa shape index (κ1) is 18.9. The highest BCUT2D eigenvalue weighted by Crippen LogP contribution is 2.03. The van der Waals surface area contributed by atoms with Crippen LogP contribution >= 0.6 is 0 Å². The summed E-state index contributed by atoms with van der Waals surface area (Å²) in [6, 6.07) is -0.146. The third kappa shape index (κ3) is 9.75. The fraction of sp³-hybridized carbons (Fsp3) is 0.857. The van der Waals surface area contributed by atoms with E-state index in [0.29, 0.717) is 19.7 Å². The predicted molar refractivity (Wildman–Crippen MR) is 77.7 cm³/mol. The number of carboxylic acid groups (broad SMARTS) is 1. The van der Waals surface area contributed by atoms with Crippen LogP contribution in [0.2, 0.25) is 0 Å². The van der Waals surface area contributed by atoms with Gasteiger partial charge in [0.05, 0.1) is 19.1 Å². The average Bonchev–Trinajstić information content (AvgIpc) is 2.34. The van der Waals surface area contributed by atoms with Crippen LogP contribution in [0.25, 0.3) is 0 Å². The lowest BCUT2D eigenvalue weighted by Crippen LogP contribution is -2.42. The number of ether oxygens (including phenoxy) is 1. The summed E-state index contributed by atoms with van der Waals surface area (Å²) in [6.45, 7) is 9.78. The molecule has 20 heavy (non-hydrogen) atoms. The molecule has 118 valence electrons. The van der Waals surface area contributed by atoms with E-state index in [0.717, 1.165) is 6.42 Å². The first-order valence-corrected chi connectivity index (χ1v) is 7.20. The maximum atomic E-state index is 11.8. The molecular weight excluding hydrogens is 260 g/mol. The third-order valence-corrected chi connectivity index (χ3v) is 2.94. The maximum absolute atomic E-state index is 11.8. The molecule has 1 unspecified atom stereocenters. The summed E-state index contributed by atoms with van der Waals surface area (Å²) in [5.74, 6) is -0.921. The number of aliphatic carboxylic acids is 1. The Morgan fingerprint density at radius 1 is 1.30 bits per heavy atom. The molecule has 0 spiro atoms. The van der Waals surface area contributed by atoms with E-state index in [4.69, 9.17) is 9.84 Å². The van der Waals surface area contributed by atoms with Crippen molar-refractivity contribution in [1.29, 1.82) is 0 Å². The average molecular weight is 288 g/mol. The Bertz CT molecular complexity index is 295. The van der Waals surface area contributed by atoms with Crippen LogP contribution < -0.4 is 5.32 Å². The molecule has 0 rings (SSSR count). The molecule has 0 heterocycles. The number of carbonyl (C=O) groups excluding carboxylic acids is 1. The van der Waals surface area contributed by atoms with Gasteiger partial charge < -0.3 is 15.2 Å². The maximum Gasteiger partial charge on any atom is 0.304 e. The van der Waals surface area contributed by atoms with Gasteiger partial charge in [0.2, 0.25) is 5.91 Å². The first-order chi connectivity index (χ1) is 9.36. The van der Waals surface area contributed by atoms with Gasteiger partial charge in [0.25, 0.3) is 0 Å². The van der Waals surface area contributed by atoms with Crippen LogP contribution in [0.5, 0.6) is 0 Å². The van der Waals surface area contributed by atoms with E-state index < -0.39 is 5.97 Å². The molecule has 0 aromatic heterocycles. The van der Waals surface area contributed by atoms with E-state index in [1.165, 1.54) is 0 Å². The van der Waals surface area contributed by atoms with E-state index in [1.54, 1.807) is 0 Å². The van der Waals surface area contributed by atoms with Gasteiger partial charge in [-0.3, -0.25) is 14.5 Å². The summed E-state index contributed by atoms with van der Waals surface area (Å²) >= 11 is 0. The summed E-state index contributed by atoms with van der Waals surface area (Å²) in [5, 5.41) is 11.6. The zero-order chi connectivity index (χ0) is 15.5. The summed E-state index contributed by atoms with van der Waals surface area (Å²) in [4.78, 5) is 24.3. The number of amides is 1. The quantitative estimate of drug-likeness (QED) is 0.557. The van der Waals surface area contributed by atoms with Crippen molar-refractivity contribution in [3.63, 3.8) is 0 Å². The van der Waals surface area contributed by atoms with Crippen molar-refractivity contribution in [1.82, 2.24) is 10.2 Å². The van der Waals surface area contributed by atoms with Crippen molar-refractivity contribution in [3.8, 4) is 0 Å². The highest BCUT2D eigenvalue weighted by molar-refractivity contribution is 5.78. The molecule has 6 nitrogen and oxygen atoms in total. The second kappa shape index (κ2) is 10.6. The van der Waals surface area contributed by atoms with Crippen molar-refractivity contribution in [3.05, 3.63) is 0 Å². The van der Waals surface area contributed by atoms with Crippen molar-refractivity contribution >= 4 is 11.9 Å². The molecule has 2 N–H and O–H groups in total. The molecule has 0 aromatic carbocycles. The Labute approximate surface area is 121 Å². The molecule has 1 amide bonds. The smallest absolute Gasteiger partial charge is 0.304 e. The fourth-order valence-corrected chi connectivity index (χ4v) is 1.82. The van der Waals surface area contributed by atoms with Gasteiger partial charge in [-0.05, 0) is 33.7 Å². The third-order valence-electron chi connectivity index (χ3n) is 2.94. The number of nitrogens with zero attached hydrogens (tertiary/aromatic N) is 1. The van der Waals surface area contributed by atoms with Gasteiger partial charge >= 0.3 is 5.97 Å². The Morgan fingerprint density at radius 2 is 1.95 bits per heavy atom. The molecule has 0 fully saturated rings. The number of likely N-dealkylation sites (N-methyl/N-ethyl adjacent to an activating group) is 1. The molecule has 6 heteroatoms. The number of rotatable bonds is 11. The van der Waals surface area contributed by atoms with E-state index in [9.17, 15) is 9.59 Å². The lowest BCUT2D eigenvalue weighted by atomic mass is 10.2. The topological polar surface area (TPSA) is 78.9 Å². The monoisotopic (exact) mass is 288 g/mol. The fourth-order valence-electron chi connectivity index (χ4n) is 1.82. The van der Waals surface area contributed by atoms with Crippen LogP contribution in [0.15, 0.2) is 0 Å². The number of hydrogen-bond donors (Lipinski definition) is 2. The van der Waals surface area contributed by atoms with Gasteiger partial charge in [-0.1, -0.05) is 6.92 Å². The predicted octanol–water partition coefficient (Wildman–Crippen LogP) is 1.10. The van der Waals surface area contributed by atoms with E-state index in [-0.39, 0.29) is 31.0 Å². The Kier molecular flexibility index (Phi) is 10.0. The molecule has 0 radical (unpaired) electrons. The van der Waals surface area contributed by atoms with Gasteiger partial charge in [-0.15, -0.1) is 0 Å². The molecule has 0 saturated heterocycles. The zero-order valence-electron chi connectivity index (χ0n) is 13.0. The van der Waals surface area contributed by atoms with Gasteiger partial charge in [0.15, 0.2) is 0 Å². The van der Waals surface area contributed by atoms with Gasteiger partial charge in [-0.2, -0.15) is 0 Å². The summed E-state index contributed by atoms with van der Waals surface area (Å²) in [6.07, 6.45) is 1.03. The SMILES string of the molecule is CCN(CC(=O)NCCCOC(C)C)C(C)CC(=O)O. The van der Waals surface area contributed by atoms with Crippen LogP contribution in [-0.4, -0.2) is 60.3 Å². The molecule has 0 bridgehead atoms. The van der Waals surface area contributed by atoms with Gasteiger partial charge in [0.1, 0.15) is 0 Å². The van der Waals surface area contributed by atoms with Crippen LogP contribution in [0.4, 0.5) is 0 Å². The molecule has 0 aliphatic rings. The van der Waals surface area contributed by atoms with E-state index in [2.05, 4.69) is 5.32 Å². The van der Waals surface area contributed by atoms with Crippen molar-refractivity contribution in [2.24, 2.45) is 0 Å². The van der Waals surface area contributed by atoms with Crippen molar-refractivity contribution in [2.75, 3.05) is 26.2 Å². The van der Waals surface area contributed by atoms with E-state index >= 15 is 0 Å². The molecule has 0 aromatic rings. The Morgan fingerprint density at radius 3 is 2.45 bits per heavy atom. The lowest BCUT2D eigenvalue weighted by molar-refractivity contribution is -0.138. The Balaban J connectivity index is 3.89. The molecule has 0 aliphatic carbocycles. The number of carbonyl (C=O) groups is 2. The summed E-state index contributed by atoms with van der Waals surface area (Å²) in [7, 11) is 0. The van der Waals surface area contributed by atoms with Gasteiger partial charge in [-0.25, -0.2) is 0 Å². The minimum absolute atomic E-state index is 0.0450. The second-order valence-corrected chi connectivity index (χ2v) is 5.13. The lowest BCUT2D eigenvalue weighted by Gasteiger charge is -2.25. The van der Waals surface area contributed by atoms with Crippen LogP contribution in [0, 0.1) is 0 Å². The van der Waals surface area contributed by atoms with E-state index in [1.807, 2.05) is 32.6 Å². The van der Waals surface area contributed by atoms with Crippen LogP contribution in [-0.2, 0) is 14.3 Å².